The largest absolute Gasteiger partial charge is 0.241 e. The van der Waals surface area contributed by atoms with Crippen LogP contribution in [0.5, 0.6) is 0 Å². The monoisotopic (exact) mass is 275 g/mol. The molecule has 4 heteroatoms. The van der Waals surface area contributed by atoms with Gasteiger partial charge in [-0.1, -0.05) is 48.5 Å². The molecule has 0 aromatic heterocycles. The van der Waals surface area contributed by atoms with E-state index in [0.717, 1.165) is 5.56 Å². The second-order valence-electron chi connectivity index (χ2n) is 4.91. The highest BCUT2D eigenvalue weighted by Gasteiger charge is 2.27. The normalized spacial score (nSPS) is 12.3. The minimum absolute atomic E-state index is 0.277. The summed E-state index contributed by atoms with van der Waals surface area (Å²) in [5, 5.41) is 0. The van der Waals surface area contributed by atoms with Crippen LogP contribution in [-0.4, -0.2) is 8.42 Å². The minimum Gasteiger partial charge on any atom is -0.207 e. The predicted octanol–water partition coefficient (Wildman–Crippen LogP) is 2.90. The molecule has 0 aliphatic rings. The molecule has 2 aromatic rings. The van der Waals surface area contributed by atoms with E-state index in [2.05, 4.69) is 4.72 Å². The van der Waals surface area contributed by atoms with E-state index in [4.69, 9.17) is 0 Å². The molecule has 0 heterocycles. The summed E-state index contributed by atoms with van der Waals surface area (Å²) in [6.45, 7) is 3.70. The first-order valence-corrected chi connectivity index (χ1v) is 7.55. The van der Waals surface area contributed by atoms with E-state index < -0.39 is 15.6 Å². The van der Waals surface area contributed by atoms with Crippen molar-refractivity contribution in [1.29, 1.82) is 0 Å². The zero-order valence-corrected chi connectivity index (χ0v) is 11.8. The lowest BCUT2D eigenvalue weighted by molar-refractivity contribution is 0.472. The van der Waals surface area contributed by atoms with Crippen LogP contribution in [0.2, 0.25) is 0 Å². The van der Waals surface area contributed by atoms with Gasteiger partial charge in [0.2, 0.25) is 10.0 Å². The van der Waals surface area contributed by atoms with Crippen molar-refractivity contribution in [2.24, 2.45) is 0 Å². The average molecular weight is 275 g/mol. The predicted molar refractivity (Wildman–Crippen MR) is 76.2 cm³/mol. The van der Waals surface area contributed by atoms with E-state index in [1.807, 2.05) is 44.2 Å². The summed E-state index contributed by atoms with van der Waals surface area (Å²) in [5.41, 5.74) is 0.269. The Bertz CT molecular complexity index is 634. The van der Waals surface area contributed by atoms with Crippen molar-refractivity contribution in [3.05, 3.63) is 66.2 Å². The summed E-state index contributed by atoms with van der Waals surface area (Å²) < 4.78 is 27.4. The molecule has 0 amide bonds. The second kappa shape index (κ2) is 5.15. The molecule has 100 valence electrons. The fourth-order valence-corrected chi connectivity index (χ4v) is 3.33. The van der Waals surface area contributed by atoms with Gasteiger partial charge < -0.3 is 0 Å². The maximum Gasteiger partial charge on any atom is 0.241 e. The Kier molecular flexibility index (Phi) is 3.73. The molecular formula is C15H17NO2S. The SMILES string of the molecule is CC(C)(NS(=O)(=O)c1ccccc1)c1ccccc1. The van der Waals surface area contributed by atoms with E-state index >= 15 is 0 Å². The van der Waals surface area contributed by atoms with Crippen LogP contribution in [0.3, 0.4) is 0 Å². The van der Waals surface area contributed by atoms with Crippen LogP contribution >= 0.6 is 0 Å². The summed E-state index contributed by atoms with van der Waals surface area (Å²) in [5.74, 6) is 0. The van der Waals surface area contributed by atoms with Crippen LogP contribution in [0.1, 0.15) is 19.4 Å². The number of benzene rings is 2. The first kappa shape index (κ1) is 13.8. The molecule has 0 atom stereocenters. The van der Waals surface area contributed by atoms with Gasteiger partial charge in [-0.3, -0.25) is 0 Å². The van der Waals surface area contributed by atoms with Crippen molar-refractivity contribution in [2.45, 2.75) is 24.3 Å². The van der Waals surface area contributed by atoms with Gasteiger partial charge >= 0.3 is 0 Å². The summed E-state index contributed by atoms with van der Waals surface area (Å²) in [6, 6.07) is 17.9. The van der Waals surface area contributed by atoms with Crippen molar-refractivity contribution < 1.29 is 8.42 Å². The van der Waals surface area contributed by atoms with Gasteiger partial charge in [-0.15, -0.1) is 0 Å². The van der Waals surface area contributed by atoms with Crippen molar-refractivity contribution in [1.82, 2.24) is 4.72 Å². The molecule has 3 nitrogen and oxygen atoms in total. The van der Waals surface area contributed by atoms with E-state index in [9.17, 15) is 8.42 Å². The molecule has 0 aliphatic heterocycles. The lowest BCUT2D eigenvalue weighted by atomic mass is 9.96. The maximum absolute atomic E-state index is 12.3. The molecule has 0 bridgehead atoms. The van der Waals surface area contributed by atoms with E-state index in [0.29, 0.717) is 0 Å². The Morgan fingerprint density at radius 3 is 1.84 bits per heavy atom. The molecule has 0 radical (unpaired) electrons. The van der Waals surface area contributed by atoms with Crippen molar-refractivity contribution in [3.63, 3.8) is 0 Å². The quantitative estimate of drug-likeness (QED) is 0.932. The lowest BCUT2D eigenvalue weighted by Crippen LogP contribution is -2.40. The standard InChI is InChI=1S/C15H17NO2S/c1-15(2,13-9-5-3-6-10-13)16-19(17,18)14-11-7-4-8-12-14/h3-12,16H,1-2H3. The molecule has 0 unspecified atom stereocenters. The Labute approximate surface area is 114 Å². The molecule has 0 aliphatic carbocycles. The minimum atomic E-state index is -3.52. The summed E-state index contributed by atoms with van der Waals surface area (Å²) in [7, 11) is -3.52. The molecule has 19 heavy (non-hydrogen) atoms. The Balaban J connectivity index is 2.31. The van der Waals surface area contributed by atoms with Gasteiger partial charge in [0.15, 0.2) is 0 Å². The van der Waals surface area contributed by atoms with Gasteiger partial charge in [0.25, 0.3) is 0 Å². The van der Waals surface area contributed by atoms with Gasteiger partial charge in [-0.2, -0.15) is 0 Å². The van der Waals surface area contributed by atoms with Crippen molar-refractivity contribution >= 4 is 10.0 Å². The first-order chi connectivity index (χ1) is 8.92. The molecule has 0 saturated heterocycles. The fraction of sp³-hybridized carbons (Fsp3) is 0.200. The van der Waals surface area contributed by atoms with Crippen LogP contribution in [0.15, 0.2) is 65.6 Å². The topological polar surface area (TPSA) is 46.2 Å². The van der Waals surface area contributed by atoms with Crippen LogP contribution < -0.4 is 4.72 Å². The third-order valence-electron chi connectivity index (χ3n) is 2.94. The van der Waals surface area contributed by atoms with E-state index in [1.165, 1.54) is 0 Å². The number of sulfonamides is 1. The van der Waals surface area contributed by atoms with Gasteiger partial charge in [-0.25, -0.2) is 13.1 Å². The second-order valence-corrected chi connectivity index (χ2v) is 6.59. The molecule has 0 fully saturated rings. The zero-order chi connectivity index (χ0) is 13.9. The summed E-state index contributed by atoms with van der Waals surface area (Å²) >= 11 is 0. The summed E-state index contributed by atoms with van der Waals surface area (Å²) in [6.07, 6.45) is 0. The molecule has 2 rings (SSSR count). The maximum atomic E-state index is 12.3. The van der Waals surface area contributed by atoms with Crippen LogP contribution in [0.4, 0.5) is 0 Å². The van der Waals surface area contributed by atoms with Crippen LogP contribution in [0.25, 0.3) is 0 Å². The van der Waals surface area contributed by atoms with Gasteiger partial charge in [0.05, 0.1) is 10.4 Å². The Morgan fingerprint density at radius 1 is 0.842 bits per heavy atom. The van der Waals surface area contributed by atoms with Crippen LogP contribution in [-0.2, 0) is 15.6 Å². The van der Waals surface area contributed by atoms with E-state index in [1.54, 1.807) is 30.3 Å². The van der Waals surface area contributed by atoms with Crippen LogP contribution in [0, 0.1) is 0 Å². The number of rotatable bonds is 4. The van der Waals surface area contributed by atoms with Gasteiger partial charge in [0, 0.05) is 0 Å². The van der Waals surface area contributed by atoms with Crippen molar-refractivity contribution in [2.75, 3.05) is 0 Å². The Hall–Kier alpha value is -1.65. The average Bonchev–Trinajstić information content (AvgIpc) is 2.40. The molecule has 2 aromatic carbocycles. The van der Waals surface area contributed by atoms with Gasteiger partial charge in [0.1, 0.15) is 0 Å². The molecular weight excluding hydrogens is 258 g/mol. The molecule has 0 saturated carbocycles. The van der Waals surface area contributed by atoms with E-state index in [-0.39, 0.29) is 4.90 Å². The first-order valence-electron chi connectivity index (χ1n) is 6.06. The highest BCUT2D eigenvalue weighted by molar-refractivity contribution is 7.89. The number of hydrogen-bond donors (Lipinski definition) is 1. The smallest absolute Gasteiger partial charge is 0.207 e. The van der Waals surface area contributed by atoms with Gasteiger partial charge in [-0.05, 0) is 31.5 Å². The molecule has 1 N–H and O–H groups in total. The highest BCUT2D eigenvalue weighted by atomic mass is 32.2. The number of hydrogen-bond acceptors (Lipinski definition) is 2. The summed E-state index contributed by atoms with van der Waals surface area (Å²) in [4.78, 5) is 0.277. The molecule has 0 spiro atoms. The Morgan fingerprint density at radius 2 is 1.32 bits per heavy atom. The zero-order valence-electron chi connectivity index (χ0n) is 11.0. The third-order valence-corrected chi connectivity index (χ3v) is 4.61. The fourth-order valence-electron chi connectivity index (χ4n) is 1.91. The lowest BCUT2D eigenvalue weighted by Gasteiger charge is -2.26. The van der Waals surface area contributed by atoms with Crippen molar-refractivity contribution in [3.8, 4) is 0 Å². The highest BCUT2D eigenvalue weighted by Crippen LogP contribution is 2.22. The third kappa shape index (κ3) is 3.22. The number of nitrogens with one attached hydrogen (secondary N) is 1.